The third-order valence-corrected chi connectivity index (χ3v) is 6.88. The summed E-state index contributed by atoms with van der Waals surface area (Å²) < 4.78 is 25.9. The molecule has 1 atom stereocenters. The van der Waals surface area contributed by atoms with Crippen molar-refractivity contribution in [2.75, 3.05) is 7.05 Å². The maximum Gasteiger partial charge on any atom is 0.321 e. The van der Waals surface area contributed by atoms with Crippen molar-refractivity contribution in [3.8, 4) is 0 Å². The van der Waals surface area contributed by atoms with Gasteiger partial charge in [0.2, 0.25) is 0 Å². The van der Waals surface area contributed by atoms with Gasteiger partial charge in [0.05, 0.1) is 3.79 Å². The van der Waals surface area contributed by atoms with Gasteiger partial charge in [-0.15, -0.1) is 11.3 Å². The van der Waals surface area contributed by atoms with E-state index in [0.717, 1.165) is 25.0 Å². The number of hydrogen-bond acceptors (Lipinski definition) is 4. The van der Waals surface area contributed by atoms with Crippen molar-refractivity contribution in [3.05, 3.63) is 15.4 Å². The summed E-state index contributed by atoms with van der Waals surface area (Å²) in [6, 6.07) is 0.427. The van der Waals surface area contributed by atoms with Gasteiger partial charge in [-0.05, 0) is 41.4 Å². The van der Waals surface area contributed by atoms with E-state index in [1.165, 1.54) is 20.0 Å². The first-order chi connectivity index (χ1) is 7.67. The van der Waals surface area contributed by atoms with Crippen molar-refractivity contribution < 1.29 is 18.3 Å². The molecule has 0 spiro atoms. The first-order valence-corrected chi connectivity index (χ1v) is 7.69. The molecule has 0 bridgehead atoms. The molecular formula is C9H12BrNO4S2. The van der Waals surface area contributed by atoms with Crippen LogP contribution in [0.2, 0.25) is 0 Å². The Morgan fingerprint density at radius 3 is 2.47 bits per heavy atom. The fourth-order valence-corrected chi connectivity index (χ4v) is 4.80. The minimum Gasteiger partial charge on any atom is -0.480 e. The molecule has 1 unspecified atom stereocenters. The molecule has 0 aliphatic heterocycles. The molecular weight excluding hydrogens is 330 g/mol. The van der Waals surface area contributed by atoms with Crippen LogP contribution in [0.5, 0.6) is 0 Å². The van der Waals surface area contributed by atoms with Crippen LogP contribution in [0.15, 0.2) is 14.1 Å². The van der Waals surface area contributed by atoms with E-state index in [1.807, 2.05) is 0 Å². The van der Waals surface area contributed by atoms with E-state index in [4.69, 9.17) is 5.11 Å². The first-order valence-electron chi connectivity index (χ1n) is 4.64. The first kappa shape index (κ1) is 14.6. The number of thiophene rings is 1. The molecule has 1 aromatic rings. The smallest absolute Gasteiger partial charge is 0.321 e. The van der Waals surface area contributed by atoms with E-state index in [1.54, 1.807) is 6.92 Å². The molecule has 0 aliphatic carbocycles. The molecule has 96 valence electrons. The van der Waals surface area contributed by atoms with Crippen LogP contribution in [0.25, 0.3) is 0 Å². The van der Waals surface area contributed by atoms with Crippen molar-refractivity contribution in [3.63, 3.8) is 0 Å². The number of hydrogen-bond donors (Lipinski definition) is 1. The predicted octanol–water partition coefficient (Wildman–Crippen LogP) is 1.91. The van der Waals surface area contributed by atoms with E-state index >= 15 is 0 Å². The van der Waals surface area contributed by atoms with E-state index in [2.05, 4.69) is 15.9 Å². The van der Waals surface area contributed by atoms with Crippen LogP contribution in [0.1, 0.15) is 12.5 Å². The minimum absolute atomic E-state index is 0.137. The predicted molar refractivity (Wildman–Crippen MR) is 68.8 cm³/mol. The van der Waals surface area contributed by atoms with Gasteiger partial charge in [0.25, 0.3) is 10.0 Å². The number of likely N-dealkylation sites (N-methyl/N-ethyl adjacent to an activating group) is 1. The van der Waals surface area contributed by atoms with Gasteiger partial charge in [-0.1, -0.05) is 0 Å². The van der Waals surface area contributed by atoms with Crippen LogP contribution in [0.3, 0.4) is 0 Å². The standard InChI is InChI=1S/C9H12BrNO4S2/c1-5-4-7(16-8(5)10)17(14,15)11(3)6(2)9(12)13/h4,6H,1-3H3,(H,12,13). The van der Waals surface area contributed by atoms with Gasteiger partial charge in [0.1, 0.15) is 10.3 Å². The summed E-state index contributed by atoms with van der Waals surface area (Å²) in [5.74, 6) is -1.18. The summed E-state index contributed by atoms with van der Waals surface area (Å²) >= 11 is 4.32. The average molecular weight is 342 g/mol. The fraction of sp³-hybridized carbons (Fsp3) is 0.444. The van der Waals surface area contributed by atoms with E-state index in [9.17, 15) is 13.2 Å². The van der Waals surface area contributed by atoms with Gasteiger partial charge < -0.3 is 5.11 Å². The highest BCUT2D eigenvalue weighted by molar-refractivity contribution is 9.11. The Morgan fingerprint density at radius 2 is 2.12 bits per heavy atom. The molecule has 1 rings (SSSR count). The Balaban J connectivity index is 3.15. The zero-order valence-corrected chi connectivity index (χ0v) is 12.7. The number of carboxylic acid groups (broad SMARTS) is 1. The van der Waals surface area contributed by atoms with Crippen LogP contribution in [0, 0.1) is 6.92 Å². The lowest BCUT2D eigenvalue weighted by Crippen LogP contribution is -2.39. The Morgan fingerprint density at radius 1 is 1.59 bits per heavy atom. The molecule has 1 heterocycles. The molecule has 17 heavy (non-hydrogen) atoms. The van der Waals surface area contributed by atoms with E-state index < -0.39 is 22.0 Å². The molecule has 0 aliphatic rings. The highest BCUT2D eigenvalue weighted by Gasteiger charge is 2.30. The Hall–Kier alpha value is -0.440. The molecule has 1 aromatic heterocycles. The normalized spacial score (nSPS) is 13.9. The summed E-state index contributed by atoms with van der Waals surface area (Å²) in [6.07, 6.45) is 0. The lowest BCUT2D eigenvalue weighted by Gasteiger charge is -2.19. The quantitative estimate of drug-likeness (QED) is 0.907. The number of rotatable bonds is 4. The zero-order chi connectivity index (χ0) is 13.4. The Bertz CT molecular complexity index is 518. The summed E-state index contributed by atoms with van der Waals surface area (Å²) in [6.45, 7) is 3.11. The van der Waals surface area contributed by atoms with Gasteiger partial charge in [0.15, 0.2) is 0 Å². The third-order valence-electron chi connectivity index (χ3n) is 2.37. The summed E-state index contributed by atoms with van der Waals surface area (Å²) in [5, 5.41) is 8.81. The summed E-state index contributed by atoms with van der Waals surface area (Å²) in [5.41, 5.74) is 0.810. The van der Waals surface area contributed by atoms with Crippen LogP contribution in [-0.2, 0) is 14.8 Å². The molecule has 8 heteroatoms. The Labute approximate surface area is 112 Å². The molecule has 0 fully saturated rings. The van der Waals surface area contributed by atoms with E-state index in [-0.39, 0.29) is 4.21 Å². The maximum atomic E-state index is 12.1. The number of carboxylic acids is 1. The lowest BCUT2D eigenvalue weighted by atomic mass is 10.4. The van der Waals surface area contributed by atoms with Gasteiger partial charge in [-0.2, -0.15) is 4.31 Å². The van der Waals surface area contributed by atoms with Crippen LogP contribution in [-0.4, -0.2) is 36.9 Å². The minimum atomic E-state index is -3.74. The molecule has 0 radical (unpaired) electrons. The molecule has 0 aromatic carbocycles. The van der Waals surface area contributed by atoms with Crippen LogP contribution < -0.4 is 0 Å². The highest BCUT2D eigenvalue weighted by Crippen LogP contribution is 2.32. The van der Waals surface area contributed by atoms with Crippen molar-refractivity contribution >= 4 is 43.3 Å². The summed E-state index contributed by atoms with van der Waals surface area (Å²) in [4.78, 5) is 10.8. The fourth-order valence-electron chi connectivity index (χ4n) is 1.06. The van der Waals surface area contributed by atoms with E-state index in [0.29, 0.717) is 0 Å². The van der Waals surface area contributed by atoms with Gasteiger partial charge in [0, 0.05) is 7.05 Å². The van der Waals surface area contributed by atoms with Crippen molar-refractivity contribution in [1.29, 1.82) is 0 Å². The second kappa shape index (κ2) is 5.05. The van der Waals surface area contributed by atoms with Gasteiger partial charge in [-0.3, -0.25) is 4.79 Å². The van der Waals surface area contributed by atoms with Gasteiger partial charge >= 0.3 is 5.97 Å². The maximum absolute atomic E-state index is 12.1. The number of halogens is 1. The SMILES string of the molecule is Cc1cc(S(=O)(=O)N(C)C(C)C(=O)O)sc1Br. The zero-order valence-electron chi connectivity index (χ0n) is 9.47. The average Bonchev–Trinajstić information content (AvgIpc) is 2.57. The largest absolute Gasteiger partial charge is 0.480 e. The third kappa shape index (κ3) is 2.87. The molecule has 0 saturated carbocycles. The molecule has 0 amide bonds. The highest BCUT2D eigenvalue weighted by atomic mass is 79.9. The van der Waals surface area contributed by atoms with Crippen LogP contribution in [0.4, 0.5) is 0 Å². The monoisotopic (exact) mass is 341 g/mol. The Kier molecular flexibility index (Phi) is 4.34. The number of nitrogens with zero attached hydrogens (tertiary/aromatic N) is 1. The number of aliphatic carboxylic acids is 1. The molecule has 5 nitrogen and oxygen atoms in total. The number of aryl methyl sites for hydroxylation is 1. The molecule has 0 saturated heterocycles. The molecule has 1 N–H and O–H groups in total. The van der Waals surface area contributed by atoms with Gasteiger partial charge in [-0.25, -0.2) is 8.42 Å². The number of carbonyl (C=O) groups is 1. The second-order valence-electron chi connectivity index (χ2n) is 3.56. The second-order valence-corrected chi connectivity index (χ2v) is 8.15. The van der Waals surface area contributed by atoms with Crippen molar-refractivity contribution in [2.24, 2.45) is 0 Å². The topological polar surface area (TPSA) is 74.7 Å². The number of sulfonamides is 1. The summed E-state index contributed by atoms with van der Waals surface area (Å²) in [7, 11) is -2.48. The lowest BCUT2D eigenvalue weighted by molar-refractivity contribution is -0.140. The van der Waals surface area contributed by atoms with Crippen LogP contribution >= 0.6 is 27.3 Å². The van der Waals surface area contributed by atoms with Crippen molar-refractivity contribution in [2.45, 2.75) is 24.1 Å². The van der Waals surface area contributed by atoms with Crippen molar-refractivity contribution in [1.82, 2.24) is 4.31 Å².